The van der Waals surface area contributed by atoms with Crippen molar-refractivity contribution in [1.29, 1.82) is 0 Å². The summed E-state index contributed by atoms with van der Waals surface area (Å²) in [5.41, 5.74) is 11.4. The van der Waals surface area contributed by atoms with E-state index in [-0.39, 0.29) is 0 Å². The molecule has 0 nitrogen and oxygen atoms in total. The molecule has 4 rings (SSSR count). The van der Waals surface area contributed by atoms with Crippen LogP contribution in [0, 0.1) is 26.7 Å². The maximum Gasteiger partial charge on any atom is -0.0152 e. The van der Waals surface area contributed by atoms with E-state index in [2.05, 4.69) is 88.4 Å². The SMILES string of the molecule is Cc1ccc(CCc2ccc(-c3cc(C)c(C4CCC(C)CC4)cc3C)cc2)cc1. The summed E-state index contributed by atoms with van der Waals surface area (Å²) >= 11 is 0. The first-order valence-electron chi connectivity index (χ1n) is 11.8. The summed E-state index contributed by atoms with van der Waals surface area (Å²) in [7, 11) is 0. The van der Waals surface area contributed by atoms with E-state index in [0.717, 1.165) is 24.7 Å². The number of benzene rings is 3. The predicted molar refractivity (Wildman–Crippen MR) is 130 cm³/mol. The van der Waals surface area contributed by atoms with Crippen molar-refractivity contribution in [2.45, 2.75) is 72.1 Å². The van der Waals surface area contributed by atoms with Gasteiger partial charge in [-0.05, 0) is 97.2 Å². The topological polar surface area (TPSA) is 0 Å². The van der Waals surface area contributed by atoms with E-state index < -0.39 is 0 Å². The van der Waals surface area contributed by atoms with E-state index in [1.807, 2.05) is 0 Å². The Morgan fingerprint density at radius 3 is 1.83 bits per heavy atom. The Balaban J connectivity index is 1.47. The van der Waals surface area contributed by atoms with Crippen LogP contribution in [0.5, 0.6) is 0 Å². The van der Waals surface area contributed by atoms with E-state index in [1.165, 1.54) is 64.6 Å². The molecular weight excluding hydrogens is 360 g/mol. The van der Waals surface area contributed by atoms with Gasteiger partial charge in [-0.25, -0.2) is 0 Å². The van der Waals surface area contributed by atoms with E-state index in [0.29, 0.717) is 0 Å². The quantitative estimate of drug-likeness (QED) is 0.406. The highest BCUT2D eigenvalue weighted by Gasteiger charge is 2.21. The van der Waals surface area contributed by atoms with Crippen molar-refractivity contribution in [1.82, 2.24) is 0 Å². The van der Waals surface area contributed by atoms with Crippen molar-refractivity contribution in [3.63, 3.8) is 0 Å². The van der Waals surface area contributed by atoms with Crippen molar-refractivity contribution < 1.29 is 0 Å². The van der Waals surface area contributed by atoms with Crippen LogP contribution in [-0.2, 0) is 12.8 Å². The lowest BCUT2D eigenvalue weighted by atomic mass is 9.77. The van der Waals surface area contributed by atoms with Crippen LogP contribution in [0.4, 0.5) is 0 Å². The summed E-state index contributed by atoms with van der Waals surface area (Å²) in [6.45, 7) is 9.15. The van der Waals surface area contributed by atoms with Crippen molar-refractivity contribution in [2.24, 2.45) is 5.92 Å². The third-order valence-electron chi connectivity index (χ3n) is 7.16. The van der Waals surface area contributed by atoms with Crippen LogP contribution in [0.3, 0.4) is 0 Å². The molecule has 1 fully saturated rings. The van der Waals surface area contributed by atoms with Gasteiger partial charge in [-0.1, -0.05) is 86.0 Å². The third kappa shape index (κ3) is 4.86. The van der Waals surface area contributed by atoms with Crippen LogP contribution in [0.15, 0.2) is 60.7 Å². The molecule has 0 aliphatic heterocycles. The summed E-state index contributed by atoms with van der Waals surface area (Å²) in [6, 6.07) is 23.1. The van der Waals surface area contributed by atoms with Crippen molar-refractivity contribution in [2.75, 3.05) is 0 Å². The minimum absolute atomic E-state index is 0.762. The van der Waals surface area contributed by atoms with Gasteiger partial charge in [-0.3, -0.25) is 0 Å². The van der Waals surface area contributed by atoms with Gasteiger partial charge < -0.3 is 0 Å². The Hall–Kier alpha value is -2.34. The minimum Gasteiger partial charge on any atom is -0.0625 e. The van der Waals surface area contributed by atoms with Crippen LogP contribution in [0.2, 0.25) is 0 Å². The Labute approximate surface area is 183 Å². The highest BCUT2D eigenvalue weighted by Crippen LogP contribution is 2.39. The van der Waals surface area contributed by atoms with Crippen molar-refractivity contribution >= 4 is 0 Å². The van der Waals surface area contributed by atoms with Gasteiger partial charge in [0.05, 0.1) is 0 Å². The minimum atomic E-state index is 0.762. The number of hydrogen-bond acceptors (Lipinski definition) is 0. The Morgan fingerprint density at radius 2 is 1.23 bits per heavy atom. The van der Waals surface area contributed by atoms with E-state index in [1.54, 1.807) is 5.56 Å². The third-order valence-corrected chi connectivity index (χ3v) is 7.16. The molecule has 0 atom stereocenters. The van der Waals surface area contributed by atoms with Gasteiger partial charge in [0.15, 0.2) is 0 Å². The molecule has 0 saturated heterocycles. The molecule has 1 aliphatic rings. The van der Waals surface area contributed by atoms with E-state index in [9.17, 15) is 0 Å². The van der Waals surface area contributed by atoms with E-state index >= 15 is 0 Å². The van der Waals surface area contributed by atoms with Gasteiger partial charge in [-0.15, -0.1) is 0 Å². The summed E-state index contributed by atoms with van der Waals surface area (Å²) < 4.78 is 0. The molecule has 0 heteroatoms. The second-order valence-corrected chi connectivity index (χ2v) is 9.66. The molecule has 0 spiro atoms. The molecule has 0 radical (unpaired) electrons. The Morgan fingerprint density at radius 1 is 0.667 bits per heavy atom. The fraction of sp³-hybridized carbons (Fsp3) is 0.400. The van der Waals surface area contributed by atoms with Crippen LogP contribution in [0.25, 0.3) is 11.1 Å². The molecule has 0 unspecified atom stereocenters. The molecule has 0 bridgehead atoms. The van der Waals surface area contributed by atoms with Gasteiger partial charge in [0.25, 0.3) is 0 Å². The van der Waals surface area contributed by atoms with Gasteiger partial charge in [0, 0.05) is 0 Å². The zero-order valence-electron chi connectivity index (χ0n) is 19.2. The molecule has 0 amide bonds. The maximum atomic E-state index is 2.48. The fourth-order valence-corrected chi connectivity index (χ4v) is 5.05. The first kappa shape index (κ1) is 20.9. The lowest BCUT2D eigenvalue weighted by Crippen LogP contribution is -2.12. The predicted octanol–water partition coefficient (Wildman–Crippen LogP) is 8.36. The van der Waals surface area contributed by atoms with Crippen LogP contribution in [0.1, 0.15) is 71.9 Å². The second kappa shape index (κ2) is 9.21. The number of hydrogen-bond donors (Lipinski definition) is 0. The zero-order chi connectivity index (χ0) is 21.1. The van der Waals surface area contributed by atoms with Gasteiger partial charge in [0.1, 0.15) is 0 Å². The molecule has 156 valence electrons. The smallest absolute Gasteiger partial charge is 0.0152 e. The summed E-state index contributed by atoms with van der Waals surface area (Å²) in [5.74, 6) is 1.67. The molecule has 3 aromatic rings. The highest BCUT2D eigenvalue weighted by molar-refractivity contribution is 5.69. The average molecular weight is 397 g/mol. The first-order valence-corrected chi connectivity index (χ1v) is 11.8. The normalized spacial score (nSPS) is 19.1. The Bertz CT molecular complexity index is 968. The largest absolute Gasteiger partial charge is 0.0625 e. The highest BCUT2D eigenvalue weighted by atomic mass is 14.3. The van der Waals surface area contributed by atoms with Crippen LogP contribution in [-0.4, -0.2) is 0 Å². The summed E-state index contributed by atoms with van der Waals surface area (Å²) in [4.78, 5) is 0. The molecule has 1 saturated carbocycles. The molecule has 0 aromatic heterocycles. The van der Waals surface area contributed by atoms with Crippen molar-refractivity contribution in [3.05, 3.63) is 94.0 Å². The first-order chi connectivity index (χ1) is 14.5. The molecule has 1 aliphatic carbocycles. The van der Waals surface area contributed by atoms with Crippen LogP contribution >= 0.6 is 0 Å². The molecule has 30 heavy (non-hydrogen) atoms. The summed E-state index contributed by atoms with van der Waals surface area (Å²) in [6.07, 6.45) is 7.68. The van der Waals surface area contributed by atoms with Gasteiger partial charge in [0.2, 0.25) is 0 Å². The number of aryl methyl sites for hydroxylation is 5. The van der Waals surface area contributed by atoms with Crippen LogP contribution < -0.4 is 0 Å². The fourth-order valence-electron chi connectivity index (χ4n) is 5.05. The second-order valence-electron chi connectivity index (χ2n) is 9.66. The Kier molecular flexibility index (Phi) is 6.42. The zero-order valence-corrected chi connectivity index (χ0v) is 19.2. The maximum absolute atomic E-state index is 2.48. The molecule has 0 N–H and O–H groups in total. The lowest BCUT2D eigenvalue weighted by molar-refractivity contribution is 0.347. The number of rotatable bonds is 5. The standard InChI is InChI=1S/C30H36/c1-21-5-9-25(10-6-21)11-12-26-13-17-28(18-14-26)30-20-23(3)29(19-24(30)4)27-15-7-22(2)8-16-27/h5-6,9-10,13-14,17-20,22,27H,7-8,11-12,15-16H2,1-4H3. The average Bonchev–Trinajstić information content (AvgIpc) is 2.76. The summed E-state index contributed by atoms with van der Waals surface area (Å²) in [5, 5.41) is 0. The van der Waals surface area contributed by atoms with Gasteiger partial charge >= 0.3 is 0 Å². The van der Waals surface area contributed by atoms with E-state index in [4.69, 9.17) is 0 Å². The van der Waals surface area contributed by atoms with Gasteiger partial charge in [-0.2, -0.15) is 0 Å². The molecule has 3 aromatic carbocycles. The monoisotopic (exact) mass is 396 g/mol. The lowest BCUT2D eigenvalue weighted by Gasteiger charge is -2.28. The molecular formula is C30H36. The van der Waals surface area contributed by atoms with Crippen molar-refractivity contribution in [3.8, 4) is 11.1 Å². The molecule has 0 heterocycles.